The molecule has 1 aromatic rings. The fourth-order valence-electron chi connectivity index (χ4n) is 3.23. The van der Waals surface area contributed by atoms with Crippen molar-refractivity contribution in [3.05, 3.63) is 35.6 Å². The van der Waals surface area contributed by atoms with Crippen molar-refractivity contribution >= 4 is 5.96 Å². The lowest BCUT2D eigenvalue weighted by molar-refractivity contribution is 0.157. The van der Waals surface area contributed by atoms with Crippen molar-refractivity contribution in [1.82, 2.24) is 15.1 Å². The molecule has 1 aliphatic heterocycles. The van der Waals surface area contributed by atoms with Gasteiger partial charge in [0.05, 0.1) is 12.6 Å². The Kier molecular flexibility index (Phi) is 6.99. The van der Waals surface area contributed by atoms with Crippen molar-refractivity contribution in [1.29, 1.82) is 0 Å². The zero-order valence-electron chi connectivity index (χ0n) is 15.1. The first kappa shape index (κ1) is 18.7. The maximum absolute atomic E-state index is 13.5. The third-order valence-corrected chi connectivity index (χ3v) is 4.51. The third-order valence-electron chi connectivity index (χ3n) is 4.51. The number of ether oxygens (including phenoxy) is 1. The Hall–Kier alpha value is -1.66. The van der Waals surface area contributed by atoms with Crippen LogP contribution < -0.4 is 5.32 Å². The SMILES string of the molecule is CN=C(NCC(c1cccc(F)c1)N(C)C)N1CCC(COC)C1. The number of halogens is 1. The minimum absolute atomic E-state index is 0.0785. The molecule has 1 aliphatic rings. The Labute approximate surface area is 144 Å². The highest BCUT2D eigenvalue weighted by Gasteiger charge is 2.25. The van der Waals surface area contributed by atoms with Crippen LogP contribution in [0.5, 0.6) is 0 Å². The van der Waals surface area contributed by atoms with Crippen molar-refractivity contribution in [3.63, 3.8) is 0 Å². The summed E-state index contributed by atoms with van der Waals surface area (Å²) in [5.41, 5.74) is 0.960. The summed E-state index contributed by atoms with van der Waals surface area (Å²) in [5, 5.41) is 3.44. The molecule has 0 aromatic heterocycles. The van der Waals surface area contributed by atoms with E-state index in [1.54, 1.807) is 26.3 Å². The standard InChI is InChI=1S/C18H29FN4O/c1-20-18(23-9-8-14(12-23)13-24-4)21-11-17(22(2)3)15-6-5-7-16(19)10-15/h5-7,10,14,17H,8-9,11-13H2,1-4H3,(H,20,21). The molecule has 6 heteroatoms. The predicted octanol–water partition coefficient (Wildman–Crippen LogP) is 1.97. The maximum Gasteiger partial charge on any atom is 0.193 e. The highest BCUT2D eigenvalue weighted by molar-refractivity contribution is 5.80. The van der Waals surface area contributed by atoms with E-state index in [4.69, 9.17) is 4.74 Å². The summed E-state index contributed by atoms with van der Waals surface area (Å²) in [5.74, 6) is 1.25. The van der Waals surface area contributed by atoms with Crippen LogP contribution >= 0.6 is 0 Å². The van der Waals surface area contributed by atoms with E-state index in [1.165, 1.54) is 6.07 Å². The van der Waals surface area contributed by atoms with E-state index in [-0.39, 0.29) is 11.9 Å². The molecule has 2 atom stereocenters. The van der Waals surface area contributed by atoms with Crippen LogP contribution in [-0.4, -0.2) is 70.3 Å². The molecular weight excluding hydrogens is 307 g/mol. The molecule has 0 radical (unpaired) electrons. The highest BCUT2D eigenvalue weighted by Crippen LogP contribution is 2.19. The first-order valence-corrected chi connectivity index (χ1v) is 8.41. The highest BCUT2D eigenvalue weighted by atomic mass is 19.1. The molecule has 2 rings (SSSR count). The predicted molar refractivity (Wildman–Crippen MR) is 95.7 cm³/mol. The van der Waals surface area contributed by atoms with Gasteiger partial charge in [-0.05, 0) is 38.2 Å². The monoisotopic (exact) mass is 336 g/mol. The van der Waals surface area contributed by atoms with Gasteiger partial charge in [0.15, 0.2) is 5.96 Å². The lowest BCUT2D eigenvalue weighted by Gasteiger charge is -2.28. The first-order valence-electron chi connectivity index (χ1n) is 8.41. The Bertz CT molecular complexity index is 550. The van der Waals surface area contributed by atoms with Gasteiger partial charge in [0.1, 0.15) is 5.82 Å². The average molecular weight is 336 g/mol. The third kappa shape index (κ3) is 4.92. The van der Waals surface area contributed by atoms with Crippen molar-refractivity contribution < 1.29 is 9.13 Å². The van der Waals surface area contributed by atoms with Crippen molar-refractivity contribution in [2.75, 3.05) is 54.5 Å². The molecule has 1 N–H and O–H groups in total. The number of methoxy groups -OCH3 is 1. The van der Waals surface area contributed by atoms with Gasteiger partial charge in [0.2, 0.25) is 0 Å². The summed E-state index contributed by atoms with van der Waals surface area (Å²) in [6.45, 7) is 3.41. The normalized spacial score (nSPS) is 19.8. The van der Waals surface area contributed by atoms with Gasteiger partial charge >= 0.3 is 0 Å². The van der Waals surface area contributed by atoms with E-state index in [2.05, 4.69) is 20.1 Å². The quantitative estimate of drug-likeness (QED) is 0.637. The minimum atomic E-state index is -0.203. The first-order chi connectivity index (χ1) is 11.5. The molecule has 24 heavy (non-hydrogen) atoms. The molecule has 1 heterocycles. The van der Waals surface area contributed by atoms with Gasteiger partial charge in [-0.3, -0.25) is 4.99 Å². The molecule has 2 unspecified atom stereocenters. The second kappa shape index (κ2) is 8.99. The van der Waals surface area contributed by atoms with E-state index < -0.39 is 0 Å². The van der Waals surface area contributed by atoms with Crippen molar-refractivity contribution in [3.8, 4) is 0 Å². The smallest absolute Gasteiger partial charge is 0.193 e. The number of guanidine groups is 1. The van der Waals surface area contributed by atoms with Crippen LogP contribution in [0.2, 0.25) is 0 Å². The van der Waals surface area contributed by atoms with Gasteiger partial charge in [-0.15, -0.1) is 0 Å². The zero-order valence-corrected chi connectivity index (χ0v) is 15.1. The molecule has 0 spiro atoms. The van der Waals surface area contributed by atoms with Crippen LogP contribution in [0.25, 0.3) is 0 Å². The van der Waals surface area contributed by atoms with Crippen LogP contribution in [0.4, 0.5) is 4.39 Å². The number of nitrogens with one attached hydrogen (secondary N) is 1. The molecular formula is C18H29FN4O. The van der Waals surface area contributed by atoms with Crippen LogP contribution in [0.1, 0.15) is 18.0 Å². The van der Waals surface area contributed by atoms with Gasteiger partial charge in [-0.25, -0.2) is 4.39 Å². The Morgan fingerprint density at radius 1 is 1.50 bits per heavy atom. The summed E-state index contributed by atoms with van der Waals surface area (Å²) < 4.78 is 18.8. The second-order valence-electron chi connectivity index (χ2n) is 6.52. The topological polar surface area (TPSA) is 40.1 Å². The molecule has 0 amide bonds. The Morgan fingerprint density at radius 3 is 2.92 bits per heavy atom. The number of likely N-dealkylation sites (tertiary alicyclic amines) is 1. The summed E-state index contributed by atoms with van der Waals surface area (Å²) in [6, 6.07) is 6.87. The minimum Gasteiger partial charge on any atom is -0.384 e. The number of nitrogens with zero attached hydrogens (tertiary/aromatic N) is 3. The summed E-state index contributed by atoms with van der Waals surface area (Å²) in [7, 11) is 7.56. The van der Waals surface area contributed by atoms with E-state index in [1.807, 2.05) is 20.2 Å². The van der Waals surface area contributed by atoms with E-state index in [9.17, 15) is 4.39 Å². The lowest BCUT2D eigenvalue weighted by Crippen LogP contribution is -2.43. The molecule has 1 saturated heterocycles. The lowest BCUT2D eigenvalue weighted by atomic mass is 10.1. The van der Waals surface area contributed by atoms with Gasteiger partial charge in [-0.1, -0.05) is 12.1 Å². The summed E-state index contributed by atoms with van der Waals surface area (Å²) in [6.07, 6.45) is 1.12. The molecule has 1 aromatic carbocycles. The van der Waals surface area contributed by atoms with Crippen molar-refractivity contribution in [2.24, 2.45) is 10.9 Å². The van der Waals surface area contributed by atoms with Gasteiger partial charge < -0.3 is 19.9 Å². The molecule has 1 fully saturated rings. The number of likely N-dealkylation sites (N-methyl/N-ethyl adjacent to an activating group) is 1. The molecule has 134 valence electrons. The fraction of sp³-hybridized carbons (Fsp3) is 0.611. The van der Waals surface area contributed by atoms with Gasteiger partial charge in [0, 0.05) is 39.7 Å². The maximum atomic E-state index is 13.5. The van der Waals surface area contributed by atoms with Crippen molar-refractivity contribution in [2.45, 2.75) is 12.5 Å². The Morgan fingerprint density at radius 2 is 2.29 bits per heavy atom. The van der Waals surface area contributed by atoms with Gasteiger partial charge in [0.25, 0.3) is 0 Å². The number of hydrogen-bond acceptors (Lipinski definition) is 3. The Balaban J connectivity index is 1.98. The summed E-state index contributed by atoms with van der Waals surface area (Å²) in [4.78, 5) is 8.76. The van der Waals surface area contributed by atoms with Gasteiger partial charge in [-0.2, -0.15) is 0 Å². The van der Waals surface area contributed by atoms with E-state index in [0.29, 0.717) is 12.5 Å². The molecule has 5 nitrogen and oxygen atoms in total. The second-order valence-corrected chi connectivity index (χ2v) is 6.52. The average Bonchev–Trinajstić information content (AvgIpc) is 3.00. The van der Waals surface area contributed by atoms with Crippen LogP contribution in [0.15, 0.2) is 29.3 Å². The van der Waals surface area contributed by atoms with E-state index >= 15 is 0 Å². The molecule has 0 bridgehead atoms. The number of hydrogen-bond donors (Lipinski definition) is 1. The molecule has 0 saturated carbocycles. The van der Waals surface area contributed by atoms with Crippen LogP contribution in [0.3, 0.4) is 0 Å². The fourth-order valence-corrected chi connectivity index (χ4v) is 3.23. The summed E-state index contributed by atoms with van der Waals surface area (Å²) >= 11 is 0. The van der Waals surface area contributed by atoms with Crippen LogP contribution in [-0.2, 0) is 4.74 Å². The largest absolute Gasteiger partial charge is 0.384 e. The number of rotatable bonds is 6. The van der Waals surface area contributed by atoms with Crippen LogP contribution in [0, 0.1) is 11.7 Å². The number of aliphatic imine (C=N–C) groups is 1. The number of benzene rings is 1. The zero-order chi connectivity index (χ0) is 17.5. The molecule has 0 aliphatic carbocycles. The van der Waals surface area contributed by atoms with E-state index in [0.717, 1.165) is 37.6 Å².